The van der Waals surface area contributed by atoms with Gasteiger partial charge in [-0.25, -0.2) is 14.6 Å². The van der Waals surface area contributed by atoms with E-state index in [4.69, 9.17) is 10.2 Å². The Labute approximate surface area is 127 Å². The van der Waals surface area contributed by atoms with Crippen molar-refractivity contribution < 1.29 is 19.8 Å². The Morgan fingerprint density at radius 1 is 1.48 bits per heavy atom. The standard InChI is InChI=1S/C13H21N3O4S/c1-3-4-5-16(6-7-17)13(20)14-9(2)11-15-10(8-21-11)12(18)19/h8-9,17H,3-7H2,1-2H3,(H,14,20)(H,18,19). The van der Waals surface area contributed by atoms with E-state index in [0.717, 1.165) is 12.8 Å². The molecule has 0 aliphatic rings. The number of thiazole rings is 1. The fourth-order valence-corrected chi connectivity index (χ4v) is 2.51. The lowest BCUT2D eigenvalue weighted by atomic mass is 10.3. The lowest BCUT2D eigenvalue weighted by Crippen LogP contribution is -2.42. The minimum atomic E-state index is -1.08. The summed E-state index contributed by atoms with van der Waals surface area (Å²) in [4.78, 5) is 28.4. The minimum Gasteiger partial charge on any atom is -0.476 e. The number of nitrogens with zero attached hydrogens (tertiary/aromatic N) is 2. The SMILES string of the molecule is CCCCN(CCO)C(=O)NC(C)c1nc(C(=O)O)cs1. The third kappa shape index (κ3) is 5.31. The zero-order valence-corrected chi connectivity index (χ0v) is 13.0. The number of aliphatic hydroxyl groups excluding tert-OH is 1. The van der Waals surface area contributed by atoms with E-state index < -0.39 is 5.97 Å². The smallest absolute Gasteiger partial charge is 0.355 e. The Hall–Kier alpha value is -1.67. The number of amides is 2. The normalized spacial score (nSPS) is 12.0. The van der Waals surface area contributed by atoms with Crippen molar-refractivity contribution in [1.29, 1.82) is 0 Å². The topological polar surface area (TPSA) is 103 Å². The van der Waals surface area contributed by atoms with Crippen LogP contribution in [0.15, 0.2) is 5.38 Å². The van der Waals surface area contributed by atoms with Crippen LogP contribution >= 0.6 is 11.3 Å². The molecule has 1 heterocycles. The lowest BCUT2D eigenvalue weighted by Gasteiger charge is -2.23. The maximum Gasteiger partial charge on any atom is 0.355 e. The molecule has 1 aromatic heterocycles. The first-order chi connectivity index (χ1) is 9.99. The molecule has 0 aromatic carbocycles. The van der Waals surface area contributed by atoms with Gasteiger partial charge in [0, 0.05) is 18.5 Å². The fourth-order valence-electron chi connectivity index (χ4n) is 1.71. The molecular formula is C13H21N3O4S. The number of carbonyl (C=O) groups is 2. The summed E-state index contributed by atoms with van der Waals surface area (Å²) >= 11 is 1.20. The fraction of sp³-hybridized carbons (Fsp3) is 0.615. The molecule has 21 heavy (non-hydrogen) atoms. The highest BCUT2D eigenvalue weighted by molar-refractivity contribution is 7.09. The van der Waals surface area contributed by atoms with Crippen LogP contribution in [0.25, 0.3) is 0 Å². The number of carboxylic acids is 1. The summed E-state index contributed by atoms with van der Waals surface area (Å²) in [6.45, 7) is 4.54. The van der Waals surface area contributed by atoms with Crippen LogP contribution in [0.1, 0.15) is 48.2 Å². The van der Waals surface area contributed by atoms with Crippen molar-refractivity contribution >= 4 is 23.3 Å². The molecule has 0 saturated heterocycles. The van der Waals surface area contributed by atoms with Crippen LogP contribution in [0.4, 0.5) is 4.79 Å². The van der Waals surface area contributed by atoms with Crippen molar-refractivity contribution in [3.8, 4) is 0 Å². The van der Waals surface area contributed by atoms with E-state index in [1.165, 1.54) is 16.7 Å². The van der Waals surface area contributed by atoms with Gasteiger partial charge in [-0.05, 0) is 13.3 Å². The molecule has 1 aromatic rings. The molecule has 0 aliphatic heterocycles. The molecule has 0 spiro atoms. The van der Waals surface area contributed by atoms with Crippen molar-refractivity contribution in [2.75, 3.05) is 19.7 Å². The Balaban J connectivity index is 2.63. The number of hydrogen-bond donors (Lipinski definition) is 3. The number of aromatic carboxylic acids is 1. The first-order valence-corrected chi connectivity index (χ1v) is 7.72. The third-order valence-electron chi connectivity index (χ3n) is 2.89. The van der Waals surface area contributed by atoms with E-state index in [0.29, 0.717) is 11.6 Å². The molecule has 0 fully saturated rings. The molecule has 0 radical (unpaired) electrons. The van der Waals surface area contributed by atoms with E-state index >= 15 is 0 Å². The van der Waals surface area contributed by atoms with Crippen LogP contribution in [0, 0.1) is 0 Å². The Morgan fingerprint density at radius 3 is 2.71 bits per heavy atom. The van der Waals surface area contributed by atoms with Gasteiger partial charge in [0.05, 0.1) is 12.6 Å². The van der Waals surface area contributed by atoms with Gasteiger partial charge < -0.3 is 20.4 Å². The second kappa shape index (κ2) is 8.58. The van der Waals surface area contributed by atoms with Gasteiger partial charge in [-0.1, -0.05) is 13.3 Å². The second-order valence-corrected chi connectivity index (χ2v) is 5.50. The summed E-state index contributed by atoms with van der Waals surface area (Å²) in [6, 6.07) is -0.657. The maximum atomic E-state index is 12.1. The van der Waals surface area contributed by atoms with Gasteiger partial charge in [0.15, 0.2) is 5.69 Å². The van der Waals surface area contributed by atoms with E-state index in [2.05, 4.69) is 10.3 Å². The average Bonchev–Trinajstić information content (AvgIpc) is 2.93. The number of carbonyl (C=O) groups excluding carboxylic acids is 1. The molecule has 7 nitrogen and oxygen atoms in total. The van der Waals surface area contributed by atoms with Crippen molar-refractivity contribution in [2.24, 2.45) is 0 Å². The van der Waals surface area contributed by atoms with Crippen LogP contribution in [0.5, 0.6) is 0 Å². The van der Waals surface area contributed by atoms with Gasteiger partial charge >= 0.3 is 12.0 Å². The molecule has 0 bridgehead atoms. The van der Waals surface area contributed by atoms with Crippen LogP contribution < -0.4 is 5.32 Å². The maximum absolute atomic E-state index is 12.1. The highest BCUT2D eigenvalue weighted by Gasteiger charge is 2.19. The lowest BCUT2D eigenvalue weighted by molar-refractivity contribution is 0.0691. The summed E-state index contributed by atoms with van der Waals surface area (Å²) in [6.07, 6.45) is 1.82. The van der Waals surface area contributed by atoms with Gasteiger partial charge in [-0.15, -0.1) is 11.3 Å². The highest BCUT2D eigenvalue weighted by Crippen LogP contribution is 2.18. The van der Waals surface area contributed by atoms with Gasteiger partial charge in [0.25, 0.3) is 0 Å². The minimum absolute atomic E-state index is 0.0192. The van der Waals surface area contributed by atoms with E-state index in [-0.39, 0.29) is 30.9 Å². The van der Waals surface area contributed by atoms with Gasteiger partial charge in [0.1, 0.15) is 5.01 Å². The predicted molar refractivity (Wildman–Crippen MR) is 79.6 cm³/mol. The summed E-state index contributed by atoms with van der Waals surface area (Å²) in [7, 11) is 0. The van der Waals surface area contributed by atoms with Crippen LogP contribution in [-0.4, -0.2) is 51.8 Å². The molecule has 1 atom stereocenters. The van der Waals surface area contributed by atoms with Crippen LogP contribution in [-0.2, 0) is 0 Å². The summed E-state index contributed by atoms with van der Waals surface area (Å²) in [5.74, 6) is -1.08. The number of unbranched alkanes of at least 4 members (excludes halogenated alkanes) is 1. The van der Waals surface area contributed by atoms with E-state index in [1.54, 1.807) is 11.8 Å². The predicted octanol–water partition coefficient (Wildman–Crippen LogP) is 1.71. The summed E-state index contributed by atoms with van der Waals surface area (Å²) in [5.41, 5.74) is -0.0192. The Kier molecular flexibility index (Phi) is 7.10. The molecule has 118 valence electrons. The molecular weight excluding hydrogens is 294 g/mol. The number of nitrogens with one attached hydrogen (secondary N) is 1. The van der Waals surface area contributed by atoms with Crippen molar-refractivity contribution in [3.63, 3.8) is 0 Å². The number of urea groups is 1. The third-order valence-corrected chi connectivity index (χ3v) is 3.92. The molecule has 0 aliphatic carbocycles. The Morgan fingerprint density at radius 2 is 2.19 bits per heavy atom. The van der Waals surface area contributed by atoms with Crippen LogP contribution in [0.3, 0.4) is 0 Å². The summed E-state index contributed by atoms with van der Waals surface area (Å²) < 4.78 is 0. The Bertz CT molecular complexity index is 478. The molecule has 2 amide bonds. The number of rotatable bonds is 8. The van der Waals surface area contributed by atoms with Crippen molar-refractivity contribution in [2.45, 2.75) is 32.7 Å². The first kappa shape index (κ1) is 17.4. The zero-order valence-electron chi connectivity index (χ0n) is 12.2. The second-order valence-electron chi connectivity index (χ2n) is 4.61. The van der Waals surface area contributed by atoms with Crippen molar-refractivity contribution in [1.82, 2.24) is 15.2 Å². The molecule has 8 heteroatoms. The van der Waals surface area contributed by atoms with Gasteiger partial charge in [-0.3, -0.25) is 0 Å². The van der Waals surface area contributed by atoms with Gasteiger partial charge in [-0.2, -0.15) is 0 Å². The number of carboxylic acid groups (broad SMARTS) is 1. The van der Waals surface area contributed by atoms with Crippen molar-refractivity contribution in [3.05, 3.63) is 16.1 Å². The zero-order chi connectivity index (χ0) is 15.8. The molecule has 1 rings (SSSR count). The molecule has 3 N–H and O–H groups in total. The quantitative estimate of drug-likeness (QED) is 0.677. The highest BCUT2D eigenvalue weighted by atomic mass is 32.1. The number of aromatic nitrogens is 1. The monoisotopic (exact) mass is 315 g/mol. The van der Waals surface area contributed by atoms with E-state index in [9.17, 15) is 9.59 Å². The largest absolute Gasteiger partial charge is 0.476 e. The van der Waals surface area contributed by atoms with E-state index in [1.807, 2.05) is 6.92 Å². The first-order valence-electron chi connectivity index (χ1n) is 6.84. The molecule has 1 unspecified atom stereocenters. The number of hydrogen-bond acceptors (Lipinski definition) is 5. The van der Waals surface area contributed by atoms with Crippen LogP contribution in [0.2, 0.25) is 0 Å². The average molecular weight is 315 g/mol. The molecule has 0 saturated carbocycles. The summed E-state index contributed by atoms with van der Waals surface area (Å²) in [5, 5.41) is 22.6. The van der Waals surface area contributed by atoms with Gasteiger partial charge in [0.2, 0.25) is 0 Å². The number of aliphatic hydroxyl groups is 1.